The largest absolute Gasteiger partial charge is 0.313 e. The van der Waals surface area contributed by atoms with E-state index in [2.05, 4.69) is 63.3 Å². The molecule has 1 aromatic heterocycles. The van der Waals surface area contributed by atoms with Gasteiger partial charge in [-0.25, -0.2) is 0 Å². The van der Waals surface area contributed by atoms with Gasteiger partial charge in [0.1, 0.15) is 0 Å². The molecule has 1 aromatic carbocycles. The maximum Gasteiger partial charge on any atom is 0.0708 e. The summed E-state index contributed by atoms with van der Waals surface area (Å²) in [6, 6.07) is 10.7. The maximum absolute atomic E-state index is 4.81. The van der Waals surface area contributed by atoms with E-state index >= 15 is 0 Å². The quantitative estimate of drug-likeness (QED) is 0.835. The van der Waals surface area contributed by atoms with Crippen LogP contribution in [0.3, 0.4) is 0 Å². The zero-order valence-electron chi connectivity index (χ0n) is 12.5. The van der Waals surface area contributed by atoms with E-state index in [-0.39, 0.29) is 5.41 Å². The Morgan fingerprint density at radius 2 is 1.89 bits per heavy atom. The molecule has 102 valence electrons. The average Bonchev–Trinajstić information content (AvgIpc) is 2.37. The highest BCUT2D eigenvalue weighted by Crippen LogP contribution is 2.26. The second kappa shape index (κ2) is 5.70. The Hall–Kier alpha value is -1.41. The minimum Gasteiger partial charge on any atom is -0.313 e. The highest BCUT2D eigenvalue weighted by Gasteiger charge is 2.17. The molecule has 0 aliphatic carbocycles. The normalized spacial score (nSPS) is 12.0. The standard InChI is InChI=1S/C17H24N2/c1-5-10-18-12-13-11-16(17(2,3)4)19-15-9-7-6-8-14(13)15/h6-9,11,18H,5,10,12H2,1-4H3. The van der Waals surface area contributed by atoms with E-state index in [0.29, 0.717) is 0 Å². The van der Waals surface area contributed by atoms with Crippen molar-refractivity contribution in [3.63, 3.8) is 0 Å². The fourth-order valence-electron chi connectivity index (χ4n) is 2.18. The summed E-state index contributed by atoms with van der Waals surface area (Å²) in [6.45, 7) is 10.8. The average molecular weight is 256 g/mol. The minimum atomic E-state index is 0.0868. The molecule has 0 saturated carbocycles. The topological polar surface area (TPSA) is 24.9 Å². The summed E-state index contributed by atoms with van der Waals surface area (Å²) in [6.07, 6.45) is 1.16. The maximum atomic E-state index is 4.81. The SMILES string of the molecule is CCCNCc1cc(C(C)(C)C)nc2ccccc12. The molecule has 0 saturated heterocycles. The number of pyridine rings is 1. The van der Waals surface area contributed by atoms with Crippen molar-refractivity contribution < 1.29 is 0 Å². The van der Waals surface area contributed by atoms with Crippen molar-refractivity contribution in [3.8, 4) is 0 Å². The lowest BCUT2D eigenvalue weighted by atomic mass is 9.90. The summed E-state index contributed by atoms with van der Waals surface area (Å²) in [4.78, 5) is 4.81. The third-order valence-corrected chi connectivity index (χ3v) is 3.31. The fourth-order valence-corrected chi connectivity index (χ4v) is 2.18. The number of hydrogen-bond acceptors (Lipinski definition) is 2. The Balaban J connectivity index is 2.46. The predicted molar refractivity (Wildman–Crippen MR) is 82.4 cm³/mol. The van der Waals surface area contributed by atoms with Crippen LogP contribution < -0.4 is 5.32 Å². The summed E-state index contributed by atoms with van der Waals surface area (Å²) in [7, 11) is 0. The molecule has 19 heavy (non-hydrogen) atoms. The fraction of sp³-hybridized carbons (Fsp3) is 0.471. The second-order valence-electron chi connectivity index (χ2n) is 6.11. The minimum absolute atomic E-state index is 0.0868. The zero-order valence-corrected chi connectivity index (χ0v) is 12.5. The van der Waals surface area contributed by atoms with E-state index in [1.165, 1.54) is 16.6 Å². The number of nitrogens with one attached hydrogen (secondary N) is 1. The Kier molecular flexibility index (Phi) is 4.20. The molecule has 2 nitrogen and oxygen atoms in total. The number of rotatable bonds is 4. The number of benzene rings is 1. The first-order valence-corrected chi connectivity index (χ1v) is 7.12. The van der Waals surface area contributed by atoms with Gasteiger partial charge in [-0.1, -0.05) is 45.9 Å². The summed E-state index contributed by atoms with van der Waals surface area (Å²) in [5.41, 5.74) is 3.70. The van der Waals surface area contributed by atoms with Crippen LogP contribution in [0.25, 0.3) is 10.9 Å². The van der Waals surface area contributed by atoms with Crippen molar-refractivity contribution in [1.29, 1.82) is 0 Å². The second-order valence-corrected chi connectivity index (χ2v) is 6.11. The Labute approximate surface area is 116 Å². The molecule has 2 aromatic rings. The zero-order chi connectivity index (χ0) is 13.9. The highest BCUT2D eigenvalue weighted by molar-refractivity contribution is 5.82. The van der Waals surface area contributed by atoms with Crippen LogP contribution in [-0.4, -0.2) is 11.5 Å². The molecule has 0 radical (unpaired) electrons. The van der Waals surface area contributed by atoms with Gasteiger partial charge in [0.25, 0.3) is 0 Å². The smallest absolute Gasteiger partial charge is 0.0708 e. The van der Waals surface area contributed by atoms with Gasteiger partial charge in [0.05, 0.1) is 5.52 Å². The van der Waals surface area contributed by atoms with E-state index < -0.39 is 0 Å². The Bertz CT molecular complexity index is 553. The molecule has 0 spiro atoms. The number of para-hydroxylation sites is 1. The van der Waals surface area contributed by atoms with Gasteiger partial charge in [0.2, 0.25) is 0 Å². The Morgan fingerprint density at radius 1 is 1.16 bits per heavy atom. The molecular weight excluding hydrogens is 232 g/mol. The lowest BCUT2D eigenvalue weighted by Gasteiger charge is -2.20. The van der Waals surface area contributed by atoms with Crippen LogP contribution in [0.5, 0.6) is 0 Å². The third-order valence-electron chi connectivity index (χ3n) is 3.31. The molecule has 0 aliphatic rings. The summed E-state index contributed by atoms with van der Waals surface area (Å²) in [5.74, 6) is 0. The number of hydrogen-bond donors (Lipinski definition) is 1. The van der Waals surface area contributed by atoms with Gasteiger partial charge in [-0.3, -0.25) is 4.98 Å². The molecule has 0 unspecified atom stereocenters. The molecular formula is C17H24N2. The van der Waals surface area contributed by atoms with Crippen molar-refractivity contribution in [2.75, 3.05) is 6.54 Å². The van der Waals surface area contributed by atoms with Gasteiger partial charge in [-0.2, -0.15) is 0 Å². The van der Waals surface area contributed by atoms with Crippen LogP contribution >= 0.6 is 0 Å². The van der Waals surface area contributed by atoms with Crippen LogP contribution in [0.1, 0.15) is 45.4 Å². The van der Waals surface area contributed by atoms with Crippen LogP contribution in [0.4, 0.5) is 0 Å². The molecule has 1 heterocycles. The van der Waals surface area contributed by atoms with Crippen molar-refractivity contribution in [3.05, 3.63) is 41.6 Å². The van der Waals surface area contributed by atoms with Gasteiger partial charge in [-0.05, 0) is 30.7 Å². The van der Waals surface area contributed by atoms with Crippen molar-refractivity contribution in [2.24, 2.45) is 0 Å². The molecule has 1 N–H and O–H groups in total. The number of aromatic nitrogens is 1. The molecule has 0 aliphatic heterocycles. The summed E-state index contributed by atoms with van der Waals surface area (Å²) < 4.78 is 0. The molecule has 0 fully saturated rings. The van der Waals surface area contributed by atoms with E-state index in [0.717, 1.165) is 25.0 Å². The van der Waals surface area contributed by atoms with Crippen molar-refractivity contribution >= 4 is 10.9 Å². The van der Waals surface area contributed by atoms with Crippen molar-refractivity contribution in [1.82, 2.24) is 10.3 Å². The van der Waals surface area contributed by atoms with E-state index in [1.54, 1.807) is 0 Å². The molecule has 0 bridgehead atoms. The van der Waals surface area contributed by atoms with Crippen molar-refractivity contribution in [2.45, 2.75) is 46.1 Å². The van der Waals surface area contributed by atoms with Gasteiger partial charge in [-0.15, -0.1) is 0 Å². The monoisotopic (exact) mass is 256 g/mol. The lowest BCUT2D eigenvalue weighted by Crippen LogP contribution is -2.17. The van der Waals surface area contributed by atoms with Gasteiger partial charge < -0.3 is 5.32 Å². The predicted octanol–water partition coefficient (Wildman–Crippen LogP) is 4.03. The molecule has 2 heteroatoms. The van der Waals surface area contributed by atoms with Crippen LogP contribution in [-0.2, 0) is 12.0 Å². The van der Waals surface area contributed by atoms with Gasteiger partial charge >= 0.3 is 0 Å². The van der Waals surface area contributed by atoms with E-state index in [4.69, 9.17) is 4.98 Å². The highest BCUT2D eigenvalue weighted by atomic mass is 14.8. The van der Waals surface area contributed by atoms with E-state index in [9.17, 15) is 0 Å². The number of nitrogens with zero attached hydrogens (tertiary/aromatic N) is 1. The van der Waals surface area contributed by atoms with Crippen LogP contribution in [0.2, 0.25) is 0 Å². The lowest BCUT2D eigenvalue weighted by molar-refractivity contribution is 0.569. The first-order chi connectivity index (χ1) is 9.02. The molecule has 0 amide bonds. The first-order valence-electron chi connectivity index (χ1n) is 7.12. The van der Waals surface area contributed by atoms with E-state index in [1.807, 2.05) is 0 Å². The van der Waals surface area contributed by atoms with Gasteiger partial charge in [0, 0.05) is 23.0 Å². The van der Waals surface area contributed by atoms with Crippen LogP contribution in [0, 0.1) is 0 Å². The molecule has 0 atom stereocenters. The third kappa shape index (κ3) is 3.32. The summed E-state index contributed by atoms with van der Waals surface area (Å²) in [5, 5.41) is 4.76. The Morgan fingerprint density at radius 3 is 2.58 bits per heavy atom. The number of fused-ring (bicyclic) bond motifs is 1. The first kappa shape index (κ1) is 14.0. The summed E-state index contributed by atoms with van der Waals surface area (Å²) >= 11 is 0. The molecule has 2 rings (SSSR count). The van der Waals surface area contributed by atoms with Crippen LogP contribution in [0.15, 0.2) is 30.3 Å². The van der Waals surface area contributed by atoms with Gasteiger partial charge in [0.15, 0.2) is 0 Å².